The maximum atomic E-state index is 14.0. The number of halogens is 3. The summed E-state index contributed by atoms with van der Waals surface area (Å²) in [5.41, 5.74) is 4.23. The second kappa shape index (κ2) is 11.0. The third-order valence-electron chi connectivity index (χ3n) is 4.11. The normalized spacial score (nSPS) is 10.9. The molecule has 0 aliphatic carbocycles. The summed E-state index contributed by atoms with van der Waals surface area (Å²) in [5.74, 6) is -4.88. The number of benzene rings is 1. The summed E-state index contributed by atoms with van der Waals surface area (Å²) in [6.45, 7) is 5.61. The first-order valence-corrected chi connectivity index (χ1v) is 10.2. The Bertz CT molecular complexity index is 952. The van der Waals surface area contributed by atoms with Gasteiger partial charge >= 0.3 is 6.03 Å². The number of ether oxygens (including phenoxy) is 1. The molecule has 1 heterocycles. The van der Waals surface area contributed by atoms with Crippen LogP contribution in [0, 0.1) is 24.4 Å². The summed E-state index contributed by atoms with van der Waals surface area (Å²) in [4.78, 5) is 23.8. The summed E-state index contributed by atoms with van der Waals surface area (Å²) < 4.78 is 50.8. The average molecular weight is 459 g/mol. The third-order valence-corrected chi connectivity index (χ3v) is 4.86. The number of amides is 3. The van der Waals surface area contributed by atoms with Gasteiger partial charge < -0.3 is 21.1 Å². The van der Waals surface area contributed by atoms with Gasteiger partial charge in [-0.2, -0.15) is 4.37 Å². The highest BCUT2D eigenvalue weighted by atomic mass is 32.1. The first kappa shape index (κ1) is 24.4. The number of nitrogens with one attached hydrogen (secondary N) is 3. The molecule has 0 saturated carbocycles. The summed E-state index contributed by atoms with van der Waals surface area (Å²) in [5, 5.41) is 8.28. The molecule has 2 rings (SSSR count). The number of aryl methyl sites for hydroxylation is 1. The van der Waals surface area contributed by atoms with E-state index in [0.29, 0.717) is 30.5 Å². The number of rotatable bonds is 10. The van der Waals surface area contributed by atoms with Gasteiger partial charge in [-0.3, -0.25) is 10.1 Å². The number of anilines is 1. The number of nitrogens with zero attached hydrogens (tertiary/aromatic N) is 1. The topological polar surface area (TPSA) is 118 Å². The molecule has 0 aliphatic heterocycles. The van der Waals surface area contributed by atoms with E-state index in [2.05, 4.69) is 20.3 Å². The maximum Gasteiger partial charge on any atom is 0.319 e. The smallest absolute Gasteiger partial charge is 0.319 e. The summed E-state index contributed by atoms with van der Waals surface area (Å²) in [6.07, 6.45) is 0.690. The van der Waals surface area contributed by atoms with Crippen molar-refractivity contribution in [2.75, 3.05) is 18.4 Å². The summed E-state index contributed by atoms with van der Waals surface area (Å²) in [6, 6.07) is 0.585. The van der Waals surface area contributed by atoms with Crippen LogP contribution in [-0.2, 0) is 6.61 Å². The number of nitrogens with two attached hydrogens (primary N) is 1. The second-order valence-electron chi connectivity index (χ2n) is 6.97. The van der Waals surface area contributed by atoms with Crippen LogP contribution in [0.2, 0.25) is 0 Å². The zero-order chi connectivity index (χ0) is 23.1. The highest BCUT2D eigenvalue weighted by Crippen LogP contribution is 2.31. The Morgan fingerprint density at radius 1 is 1.23 bits per heavy atom. The van der Waals surface area contributed by atoms with Crippen molar-refractivity contribution in [3.05, 3.63) is 40.2 Å². The molecule has 0 saturated heterocycles. The lowest BCUT2D eigenvalue weighted by Crippen LogP contribution is -2.32. The van der Waals surface area contributed by atoms with Gasteiger partial charge in [-0.05, 0) is 43.1 Å². The van der Waals surface area contributed by atoms with Crippen molar-refractivity contribution in [2.45, 2.75) is 39.8 Å². The standard InChI is InChI=1S/C19H24F3N5O3S/c1-9(2)24-5-4-6-25-19(29)26-18-13(16(23)28)17(27-31-18)30-8-11-12(20)7-10(3)14(21)15(11)22/h7,9,24H,4-6,8H2,1-3H3,(H2,23,28)(H2,25,26,29). The fourth-order valence-electron chi connectivity index (χ4n) is 2.53. The number of aromatic nitrogens is 1. The highest BCUT2D eigenvalue weighted by molar-refractivity contribution is 7.11. The minimum Gasteiger partial charge on any atom is -0.471 e. The van der Waals surface area contributed by atoms with Crippen LogP contribution in [0.1, 0.15) is 41.8 Å². The molecule has 170 valence electrons. The molecule has 0 aliphatic rings. The van der Waals surface area contributed by atoms with Crippen LogP contribution in [0.15, 0.2) is 6.07 Å². The number of hydrogen-bond acceptors (Lipinski definition) is 6. The van der Waals surface area contributed by atoms with Crippen molar-refractivity contribution < 1.29 is 27.5 Å². The van der Waals surface area contributed by atoms with Gasteiger partial charge in [0.25, 0.3) is 5.91 Å². The lowest BCUT2D eigenvalue weighted by Gasteiger charge is -2.10. The molecular weight excluding hydrogens is 435 g/mol. The summed E-state index contributed by atoms with van der Waals surface area (Å²) in [7, 11) is 0. The molecule has 0 bridgehead atoms. The minimum absolute atomic E-state index is 0.0105. The van der Waals surface area contributed by atoms with E-state index in [-0.39, 0.29) is 22.0 Å². The second-order valence-corrected chi connectivity index (χ2v) is 7.74. The highest BCUT2D eigenvalue weighted by Gasteiger charge is 2.24. The quantitative estimate of drug-likeness (QED) is 0.322. The van der Waals surface area contributed by atoms with Gasteiger partial charge in [0.05, 0.1) is 5.56 Å². The zero-order valence-electron chi connectivity index (χ0n) is 17.3. The van der Waals surface area contributed by atoms with Crippen molar-refractivity contribution >= 4 is 28.5 Å². The van der Waals surface area contributed by atoms with E-state index >= 15 is 0 Å². The predicted molar refractivity (Wildman–Crippen MR) is 111 cm³/mol. The summed E-state index contributed by atoms with van der Waals surface area (Å²) >= 11 is 0.708. The number of urea groups is 1. The van der Waals surface area contributed by atoms with Crippen LogP contribution in [0.3, 0.4) is 0 Å². The molecule has 1 aromatic heterocycles. The zero-order valence-corrected chi connectivity index (χ0v) is 18.1. The molecule has 5 N–H and O–H groups in total. The van der Waals surface area contributed by atoms with Crippen LogP contribution in [-0.4, -0.2) is 35.4 Å². The maximum absolute atomic E-state index is 14.0. The number of carbonyl (C=O) groups excluding carboxylic acids is 2. The molecule has 3 amide bonds. The Morgan fingerprint density at radius 2 is 1.94 bits per heavy atom. The van der Waals surface area contributed by atoms with Gasteiger partial charge in [0.15, 0.2) is 11.6 Å². The van der Waals surface area contributed by atoms with Gasteiger partial charge in [0, 0.05) is 12.6 Å². The molecule has 0 unspecified atom stereocenters. The monoisotopic (exact) mass is 459 g/mol. The van der Waals surface area contributed by atoms with E-state index in [4.69, 9.17) is 10.5 Å². The average Bonchev–Trinajstić information content (AvgIpc) is 3.08. The van der Waals surface area contributed by atoms with E-state index in [1.807, 2.05) is 13.8 Å². The Kier molecular flexibility index (Phi) is 8.63. The largest absolute Gasteiger partial charge is 0.471 e. The van der Waals surface area contributed by atoms with Crippen LogP contribution >= 0.6 is 11.5 Å². The number of carbonyl (C=O) groups is 2. The molecule has 12 heteroatoms. The Morgan fingerprint density at radius 3 is 2.58 bits per heavy atom. The van der Waals surface area contributed by atoms with Crippen molar-refractivity contribution in [1.29, 1.82) is 0 Å². The van der Waals surface area contributed by atoms with Gasteiger partial charge in [0.2, 0.25) is 5.88 Å². The van der Waals surface area contributed by atoms with Crippen LogP contribution in [0.4, 0.5) is 23.0 Å². The number of hydrogen-bond donors (Lipinski definition) is 4. The van der Waals surface area contributed by atoms with E-state index < -0.39 is 41.6 Å². The van der Waals surface area contributed by atoms with Gasteiger partial charge in [0.1, 0.15) is 23.0 Å². The molecule has 31 heavy (non-hydrogen) atoms. The van der Waals surface area contributed by atoms with Crippen LogP contribution < -0.4 is 26.4 Å². The first-order chi connectivity index (χ1) is 14.6. The van der Waals surface area contributed by atoms with Crippen LogP contribution in [0.5, 0.6) is 5.88 Å². The first-order valence-electron chi connectivity index (χ1n) is 9.45. The Balaban J connectivity index is 2.04. The molecule has 1 aromatic carbocycles. The lowest BCUT2D eigenvalue weighted by atomic mass is 10.1. The fraction of sp³-hybridized carbons (Fsp3) is 0.421. The molecule has 0 spiro atoms. The minimum atomic E-state index is -1.39. The molecule has 0 radical (unpaired) electrons. The van der Waals surface area contributed by atoms with Gasteiger partial charge in [-0.25, -0.2) is 18.0 Å². The van der Waals surface area contributed by atoms with Crippen molar-refractivity contribution in [3.63, 3.8) is 0 Å². The van der Waals surface area contributed by atoms with Crippen molar-refractivity contribution in [3.8, 4) is 5.88 Å². The van der Waals surface area contributed by atoms with Crippen LogP contribution in [0.25, 0.3) is 0 Å². The van der Waals surface area contributed by atoms with E-state index in [1.165, 1.54) is 6.92 Å². The van der Waals surface area contributed by atoms with E-state index in [1.54, 1.807) is 0 Å². The lowest BCUT2D eigenvalue weighted by molar-refractivity contribution is 0.0996. The fourth-order valence-corrected chi connectivity index (χ4v) is 3.26. The van der Waals surface area contributed by atoms with E-state index in [9.17, 15) is 22.8 Å². The molecular formula is C19H24F3N5O3S. The number of primary amides is 1. The Labute approximate surface area is 181 Å². The Hall–Kier alpha value is -2.86. The molecule has 0 fully saturated rings. The third kappa shape index (κ3) is 6.56. The van der Waals surface area contributed by atoms with Crippen molar-refractivity contribution in [1.82, 2.24) is 15.0 Å². The SMILES string of the molecule is Cc1cc(F)c(COc2nsc(NC(=O)NCCCNC(C)C)c2C(N)=O)c(F)c1F. The predicted octanol–water partition coefficient (Wildman–Crippen LogP) is 3.06. The van der Waals surface area contributed by atoms with Gasteiger partial charge in [-0.1, -0.05) is 13.8 Å². The molecule has 8 nitrogen and oxygen atoms in total. The van der Waals surface area contributed by atoms with Crippen molar-refractivity contribution in [2.24, 2.45) is 5.73 Å². The molecule has 0 atom stereocenters. The molecule has 2 aromatic rings. The van der Waals surface area contributed by atoms with E-state index in [0.717, 1.165) is 12.6 Å². The van der Waals surface area contributed by atoms with Gasteiger partial charge in [-0.15, -0.1) is 0 Å².